The smallest absolute Gasteiger partial charge is 0.408 e. The number of allylic oxidation sites excluding steroid dienone is 2. The largest absolute Gasteiger partial charge is 0.472 e. The predicted molar refractivity (Wildman–Crippen MR) is 200 cm³/mol. The third-order valence-electron chi connectivity index (χ3n) is 9.59. The number of aromatic nitrogens is 1. The third kappa shape index (κ3) is 9.44. The van der Waals surface area contributed by atoms with Gasteiger partial charge >= 0.3 is 6.09 Å². The Morgan fingerprint density at radius 3 is 2.51 bits per heavy atom. The number of ether oxygens (including phenoxy) is 2. The van der Waals surface area contributed by atoms with Crippen molar-refractivity contribution in [2.45, 2.75) is 108 Å². The zero-order valence-corrected chi connectivity index (χ0v) is 32.8. The Morgan fingerprint density at radius 2 is 1.89 bits per heavy atom. The molecule has 5 rings (SSSR count). The zero-order chi connectivity index (χ0) is 38.9. The molecule has 1 aliphatic heterocycles. The molecule has 0 spiro atoms. The number of carbonyl (C=O) groups excluding carboxylic acids is 5. The molecule has 3 aliphatic rings. The number of halogens is 1. The van der Waals surface area contributed by atoms with E-state index in [-0.39, 0.29) is 43.9 Å². The SMILES string of the molecule is C=C[C@H]1C[C@]1(NC(=O)[C@@H]1C[C@@H](Oc2nccc3ccc(Br)cc23)CN1C(=O)[C@H](CCC(=O)/C(C)=C/C)NC(=O)OC(C)(C)C)C(=O)NS(=O)(=O)C1CC1. The van der Waals surface area contributed by atoms with Crippen LogP contribution in [0.25, 0.3) is 10.8 Å². The van der Waals surface area contributed by atoms with Crippen molar-refractivity contribution in [1.82, 2.24) is 25.2 Å². The molecular weight excluding hydrogens is 770 g/mol. The monoisotopic (exact) mass is 815 g/mol. The number of hydrogen-bond donors (Lipinski definition) is 3. The summed E-state index contributed by atoms with van der Waals surface area (Å²) in [5, 5.41) is 6.22. The molecule has 1 saturated heterocycles. The van der Waals surface area contributed by atoms with E-state index in [1.807, 2.05) is 24.3 Å². The number of ketones is 1. The van der Waals surface area contributed by atoms with Gasteiger partial charge in [-0.15, -0.1) is 6.58 Å². The van der Waals surface area contributed by atoms with Gasteiger partial charge in [-0.3, -0.25) is 23.9 Å². The van der Waals surface area contributed by atoms with Gasteiger partial charge in [0.05, 0.1) is 11.8 Å². The van der Waals surface area contributed by atoms with Crippen LogP contribution in [-0.2, 0) is 33.9 Å². The number of sulfonamides is 1. The van der Waals surface area contributed by atoms with Crippen LogP contribution in [0.2, 0.25) is 0 Å². The number of nitrogens with zero attached hydrogens (tertiary/aromatic N) is 2. The molecule has 16 heteroatoms. The number of likely N-dealkylation sites (tertiary alicyclic amines) is 1. The first kappa shape index (κ1) is 39.9. The second-order valence-electron chi connectivity index (χ2n) is 14.8. The molecule has 3 N–H and O–H groups in total. The summed E-state index contributed by atoms with van der Waals surface area (Å²) in [6, 6.07) is 4.92. The number of amides is 4. The highest BCUT2D eigenvalue weighted by atomic mass is 79.9. The van der Waals surface area contributed by atoms with Crippen LogP contribution in [0.15, 0.2) is 59.2 Å². The number of benzene rings is 1. The summed E-state index contributed by atoms with van der Waals surface area (Å²) in [5.74, 6) is -2.78. The van der Waals surface area contributed by atoms with Crippen molar-refractivity contribution < 1.29 is 41.9 Å². The Balaban J connectivity index is 1.45. The highest BCUT2D eigenvalue weighted by molar-refractivity contribution is 9.10. The average molecular weight is 817 g/mol. The minimum atomic E-state index is -3.93. The van der Waals surface area contributed by atoms with Crippen LogP contribution in [0.1, 0.15) is 73.1 Å². The number of pyridine rings is 1. The topological polar surface area (TPSA) is 190 Å². The van der Waals surface area contributed by atoms with Gasteiger partial charge in [0.25, 0.3) is 5.91 Å². The first-order valence-corrected chi connectivity index (χ1v) is 19.9. The molecule has 286 valence electrons. The molecule has 3 fully saturated rings. The van der Waals surface area contributed by atoms with Crippen LogP contribution in [-0.4, -0.2) is 89.0 Å². The molecule has 4 amide bonds. The fourth-order valence-electron chi connectivity index (χ4n) is 6.30. The number of alkyl carbamates (subject to hydrolysis) is 1. The Morgan fingerprint density at radius 1 is 1.17 bits per heavy atom. The molecule has 14 nitrogen and oxygen atoms in total. The lowest BCUT2D eigenvalue weighted by Gasteiger charge is -2.30. The summed E-state index contributed by atoms with van der Waals surface area (Å²) < 4.78 is 40.1. The quantitative estimate of drug-likeness (QED) is 0.184. The van der Waals surface area contributed by atoms with E-state index in [9.17, 15) is 32.4 Å². The number of fused-ring (bicyclic) bond motifs is 1. The second-order valence-corrected chi connectivity index (χ2v) is 17.7. The third-order valence-corrected chi connectivity index (χ3v) is 11.9. The Kier molecular flexibility index (Phi) is 11.7. The molecule has 5 atom stereocenters. The van der Waals surface area contributed by atoms with Crippen molar-refractivity contribution in [3.8, 4) is 5.88 Å². The van der Waals surface area contributed by atoms with Crippen molar-refractivity contribution in [3.63, 3.8) is 0 Å². The molecule has 2 saturated carbocycles. The number of nitrogens with one attached hydrogen (secondary N) is 3. The van der Waals surface area contributed by atoms with E-state index in [0.29, 0.717) is 23.8 Å². The molecule has 0 unspecified atom stereocenters. The highest BCUT2D eigenvalue weighted by Gasteiger charge is 2.62. The fraction of sp³-hybridized carbons (Fsp3) is 0.514. The molecule has 0 bridgehead atoms. The van der Waals surface area contributed by atoms with Gasteiger partial charge in [-0.05, 0) is 89.5 Å². The molecule has 2 aromatic rings. The van der Waals surface area contributed by atoms with Crippen LogP contribution >= 0.6 is 15.9 Å². The van der Waals surface area contributed by atoms with Crippen molar-refractivity contribution in [1.29, 1.82) is 0 Å². The van der Waals surface area contributed by atoms with Gasteiger partial charge in [0.1, 0.15) is 29.3 Å². The standard InChI is InChI=1S/C37H46BrN5O9S/c1-7-21(3)30(44)14-13-28(40-35(48)52-36(4,5)6)33(46)43-20-25(51-32-27-17-24(38)10-9-22(27)15-16-39-32)18-29(43)31(45)41-37(19-23(37)8-2)34(47)42-53(49,50)26-11-12-26/h7-10,15-17,23,25-26,28-29H,2,11-14,18-20H2,1,3-6H3,(H,40,48)(H,41,45)(H,42,47)/b21-7+/t23-,25+,28-,29-,37+/m0/s1. The van der Waals surface area contributed by atoms with E-state index in [0.717, 1.165) is 9.86 Å². The Hall–Kier alpha value is -4.31. The summed E-state index contributed by atoms with van der Waals surface area (Å²) in [7, 11) is -3.93. The summed E-state index contributed by atoms with van der Waals surface area (Å²) >= 11 is 3.48. The van der Waals surface area contributed by atoms with Gasteiger partial charge in [-0.2, -0.15) is 0 Å². The van der Waals surface area contributed by atoms with Gasteiger partial charge < -0.3 is 25.0 Å². The van der Waals surface area contributed by atoms with E-state index >= 15 is 0 Å². The van der Waals surface area contributed by atoms with Crippen LogP contribution in [0.3, 0.4) is 0 Å². The lowest BCUT2D eigenvalue weighted by Crippen LogP contribution is -2.58. The van der Waals surface area contributed by atoms with E-state index in [4.69, 9.17) is 9.47 Å². The maximum atomic E-state index is 14.5. The molecule has 2 aliphatic carbocycles. The van der Waals surface area contributed by atoms with Crippen molar-refractivity contribution in [3.05, 3.63) is 59.2 Å². The maximum Gasteiger partial charge on any atom is 0.408 e. The number of Topliss-reactive ketones (excluding diaryl/α,β-unsaturated/α-hetero) is 1. The molecule has 53 heavy (non-hydrogen) atoms. The normalized spacial score (nSPS) is 23.5. The first-order chi connectivity index (χ1) is 24.9. The van der Waals surface area contributed by atoms with E-state index in [1.165, 1.54) is 11.0 Å². The van der Waals surface area contributed by atoms with Gasteiger partial charge in [-0.25, -0.2) is 18.2 Å². The van der Waals surface area contributed by atoms with Crippen molar-refractivity contribution in [2.75, 3.05) is 6.54 Å². The molecule has 0 radical (unpaired) electrons. The lowest BCUT2D eigenvalue weighted by molar-refractivity contribution is -0.141. The number of carbonyl (C=O) groups is 5. The molecule has 2 heterocycles. The van der Waals surface area contributed by atoms with Crippen molar-refractivity contribution >= 4 is 66.3 Å². The molecule has 1 aromatic heterocycles. The summed E-state index contributed by atoms with van der Waals surface area (Å²) in [6.45, 7) is 12.0. The average Bonchev–Trinajstić information content (AvgIpc) is 4.02. The number of rotatable bonds is 14. The fourth-order valence-corrected chi connectivity index (χ4v) is 8.03. The zero-order valence-electron chi connectivity index (χ0n) is 30.4. The van der Waals surface area contributed by atoms with E-state index in [1.54, 1.807) is 46.9 Å². The van der Waals surface area contributed by atoms with Crippen LogP contribution in [0, 0.1) is 5.92 Å². The van der Waals surface area contributed by atoms with Crippen LogP contribution in [0.4, 0.5) is 4.79 Å². The summed E-state index contributed by atoms with van der Waals surface area (Å²) in [6.07, 6.45) is 3.83. The maximum absolute atomic E-state index is 14.5. The van der Waals surface area contributed by atoms with Crippen LogP contribution in [0.5, 0.6) is 5.88 Å². The number of hydrogen-bond acceptors (Lipinski definition) is 10. The lowest BCUT2D eigenvalue weighted by atomic mass is 10.0. The van der Waals surface area contributed by atoms with Crippen molar-refractivity contribution in [2.24, 2.45) is 5.92 Å². The molecular formula is C37H46BrN5O9S. The van der Waals surface area contributed by atoms with Gasteiger partial charge in [0, 0.05) is 34.8 Å². The van der Waals surface area contributed by atoms with Crippen LogP contribution < -0.4 is 20.1 Å². The second kappa shape index (κ2) is 15.6. The summed E-state index contributed by atoms with van der Waals surface area (Å²) in [4.78, 5) is 73.7. The van der Waals surface area contributed by atoms with Gasteiger partial charge in [-0.1, -0.05) is 34.1 Å². The Labute approximate surface area is 317 Å². The first-order valence-electron chi connectivity index (χ1n) is 17.5. The van der Waals surface area contributed by atoms with E-state index in [2.05, 4.69) is 42.8 Å². The Bertz CT molecular complexity index is 1960. The summed E-state index contributed by atoms with van der Waals surface area (Å²) in [5.41, 5.74) is -2.00. The minimum absolute atomic E-state index is 0.0315. The van der Waals surface area contributed by atoms with Gasteiger partial charge in [0.15, 0.2) is 5.78 Å². The van der Waals surface area contributed by atoms with Gasteiger partial charge in [0.2, 0.25) is 27.7 Å². The van der Waals surface area contributed by atoms with E-state index < -0.39 is 74.3 Å². The minimum Gasteiger partial charge on any atom is -0.472 e. The predicted octanol–water partition coefficient (Wildman–Crippen LogP) is 4.22. The highest BCUT2D eigenvalue weighted by Crippen LogP contribution is 2.45. The molecule has 1 aromatic carbocycles.